The Hall–Kier alpha value is -2.85. The summed E-state index contributed by atoms with van der Waals surface area (Å²) in [6, 6.07) is 20.9. The molecular weight excluding hydrogens is 394 g/mol. The van der Waals surface area contributed by atoms with Crippen LogP contribution in [0.15, 0.2) is 60.7 Å². The van der Waals surface area contributed by atoms with Crippen LogP contribution in [-0.4, -0.2) is 43.5 Å². The lowest BCUT2D eigenvalue weighted by Crippen LogP contribution is -2.47. The fourth-order valence-electron chi connectivity index (χ4n) is 4.89. The molecule has 1 saturated heterocycles. The third kappa shape index (κ3) is 4.51. The van der Waals surface area contributed by atoms with E-state index < -0.39 is 0 Å². The Bertz CT molecular complexity index is 1110. The molecule has 4 heteroatoms. The van der Waals surface area contributed by atoms with Crippen molar-refractivity contribution in [3.8, 4) is 0 Å². The molecule has 1 aliphatic heterocycles. The number of amides is 1. The standard InChI is InChI=1S/C28H33N3O/c1-20-10-13-24(31-16-14-30(15-17-31)19-22-11-12-22)18-27(20)28(32)29-21(2)25-9-5-7-23-6-3-4-8-26(23)25/h3-10,13,18,21-22H,11-12,14-17,19H2,1-2H3,(H,29,32)/t21-/m1/s1. The first kappa shape index (κ1) is 21.0. The van der Waals surface area contributed by atoms with Gasteiger partial charge in [-0.25, -0.2) is 0 Å². The molecule has 4 nitrogen and oxygen atoms in total. The van der Waals surface area contributed by atoms with E-state index in [1.807, 2.05) is 6.92 Å². The Kier molecular flexibility index (Phi) is 5.88. The summed E-state index contributed by atoms with van der Waals surface area (Å²) in [5.74, 6) is 0.942. The molecule has 0 unspecified atom stereocenters. The number of benzene rings is 3. The molecule has 2 aliphatic rings. The summed E-state index contributed by atoms with van der Waals surface area (Å²) in [4.78, 5) is 18.3. The maximum absolute atomic E-state index is 13.3. The van der Waals surface area contributed by atoms with Crippen LogP contribution in [0.1, 0.15) is 47.3 Å². The fraction of sp³-hybridized carbons (Fsp3) is 0.393. The summed E-state index contributed by atoms with van der Waals surface area (Å²) in [6.45, 7) is 9.65. The molecule has 32 heavy (non-hydrogen) atoms. The van der Waals surface area contributed by atoms with E-state index in [0.717, 1.165) is 54.5 Å². The first-order valence-corrected chi connectivity index (χ1v) is 11.9. The molecule has 0 bridgehead atoms. The highest BCUT2D eigenvalue weighted by Crippen LogP contribution is 2.30. The number of carbonyl (C=O) groups is 1. The quantitative estimate of drug-likeness (QED) is 0.589. The zero-order chi connectivity index (χ0) is 22.1. The molecule has 0 spiro atoms. The van der Waals surface area contributed by atoms with Crippen molar-refractivity contribution in [1.82, 2.24) is 10.2 Å². The van der Waals surface area contributed by atoms with Crippen molar-refractivity contribution in [1.29, 1.82) is 0 Å². The van der Waals surface area contributed by atoms with Crippen molar-refractivity contribution in [3.05, 3.63) is 77.4 Å². The zero-order valence-corrected chi connectivity index (χ0v) is 19.2. The molecule has 1 N–H and O–H groups in total. The second-order valence-electron chi connectivity index (χ2n) is 9.49. The van der Waals surface area contributed by atoms with E-state index in [4.69, 9.17) is 0 Å². The van der Waals surface area contributed by atoms with E-state index in [0.29, 0.717) is 0 Å². The normalized spacial score (nSPS) is 18.0. The van der Waals surface area contributed by atoms with Gasteiger partial charge >= 0.3 is 0 Å². The van der Waals surface area contributed by atoms with Gasteiger partial charge in [0, 0.05) is 44.0 Å². The van der Waals surface area contributed by atoms with Gasteiger partial charge in [0.2, 0.25) is 0 Å². The number of nitrogens with one attached hydrogen (secondary N) is 1. The lowest BCUT2D eigenvalue weighted by molar-refractivity contribution is 0.0939. The number of hydrogen-bond donors (Lipinski definition) is 1. The molecule has 1 saturated carbocycles. The van der Waals surface area contributed by atoms with E-state index in [1.165, 1.54) is 30.2 Å². The summed E-state index contributed by atoms with van der Waals surface area (Å²) >= 11 is 0. The lowest BCUT2D eigenvalue weighted by Gasteiger charge is -2.36. The molecule has 2 fully saturated rings. The first-order valence-electron chi connectivity index (χ1n) is 11.9. The summed E-state index contributed by atoms with van der Waals surface area (Å²) < 4.78 is 0. The highest BCUT2D eigenvalue weighted by molar-refractivity contribution is 5.97. The maximum atomic E-state index is 13.3. The SMILES string of the molecule is Cc1ccc(N2CCN(CC3CC3)CC2)cc1C(=O)N[C@H](C)c1cccc2ccccc12. The minimum atomic E-state index is -0.0670. The van der Waals surface area contributed by atoms with Crippen LogP contribution in [0.5, 0.6) is 0 Å². The molecule has 0 radical (unpaired) electrons. The Balaban J connectivity index is 1.29. The largest absolute Gasteiger partial charge is 0.369 e. The fourth-order valence-corrected chi connectivity index (χ4v) is 4.89. The molecule has 3 aromatic carbocycles. The minimum Gasteiger partial charge on any atom is -0.369 e. The van der Waals surface area contributed by atoms with Gasteiger partial charge in [-0.2, -0.15) is 0 Å². The summed E-state index contributed by atoms with van der Waals surface area (Å²) in [6.07, 6.45) is 2.82. The van der Waals surface area contributed by atoms with E-state index in [-0.39, 0.29) is 11.9 Å². The van der Waals surface area contributed by atoms with Crippen molar-refractivity contribution >= 4 is 22.4 Å². The number of carbonyl (C=O) groups excluding carboxylic acids is 1. The van der Waals surface area contributed by atoms with Crippen LogP contribution in [0.25, 0.3) is 10.8 Å². The predicted molar refractivity (Wildman–Crippen MR) is 132 cm³/mol. The number of nitrogens with zero attached hydrogens (tertiary/aromatic N) is 2. The molecule has 1 heterocycles. The average molecular weight is 428 g/mol. The number of piperazine rings is 1. The Morgan fingerprint density at radius 2 is 1.75 bits per heavy atom. The van der Waals surface area contributed by atoms with Gasteiger partial charge in [0.15, 0.2) is 0 Å². The molecule has 5 rings (SSSR count). The molecule has 3 aromatic rings. The average Bonchev–Trinajstić information content (AvgIpc) is 3.63. The first-order chi connectivity index (χ1) is 15.6. The number of fused-ring (bicyclic) bond motifs is 1. The van der Waals surface area contributed by atoms with E-state index in [2.05, 4.69) is 82.7 Å². The highest BCUT2D eigenvalue weighted by atomic mass is 16.1. The second kappa shape index (κ2) is 8.95. The Labute approximate surface area is 191 Å². The van der Waals surface area contributed by atoms with Gasteiger partial charge in [-0.1, -0.05) is 48.5 Å². The highest BCUT2D eigenvalue weighted by Gasteiger charge is 2.26. The molecule has 1 amide bonds. The maximum Gasteiger partial charge on any atom is 0.252 e. The molecular formula is C28H33N3O. The van der Waals surface area contributed by atoms with Crippen LogP contribution < -0.4 is 10.2 Å². The summed E-state index contributed by atoms with van der Waals surface area (Å²) in [7, 11) is 0. The number of aryl methyl sites for hydroxylation is 1. The topological polar surface area (TPSA) is 35.6 Å². The minimum absolute atomic E-state index is 0.00264. The van der Waals surface area contributed by atoms with Crippen LogP contribution in [-0.2, 0) is 0 Å². The molecule has 0 aromatic heterocycles. The van der Waals surface area contributed by atoms with Crippen molar-refractivity contribution in [3.63, 3.8) is 0 Å². The zero-order valence-electron chi connectivity index (χ0n) is 19.2. The molecule has 1 aliphatic carbocycles. The van der Waals surface area contributed by atoms with E-state index in [9.17, 15) is 4.79 Å². The van der Waals surface area contributed by atoms with E-state index >= 15 is 0 Å². The predicted octanol–water partition coefficient (Wildman–Crippen LogP) is 5.17. The van der Waals surface area contributed by atoms with Gasteiger partial charge in [-0.05, 0) is 66.6 Å². The van der Waals surface area contributed by atoms with Gasteiger partial charge in [0.05, 0.1) is 6.04 Å². The molecule has 166 valence electrons. The van der Waals surface area contributed by atoms with Crippen LogP contribution in [0, 0.1) is 12.8 Å². The van der Waals surface area contributed by atoms with Gasteiger partial charge < -0.3 is 10.2 Å². The van der Waals surface area contributed by atoms with Crippen molar-refractivity contribution in [2.45, 2.75) is 32.7 Å². The number of hydrogen-bond acceptors (Lipinski definition) is 3. The van der Waals surface area contributed by atoms with Gasteiger partial charge in [-0.15, -0.1) is 0 Å². The summed E-state index contributed by atoms with van der Waals surface area (Å²) in [5.41, 5.74) is 4.10. The van der Waals surface area contributed by atoms with E-state index in [1.54, 1.807) is 0 Å². The Morgan fingerprint density at radius 1 is 1.00 bits per heavy atom. The number of anilines is 1. The van der Waals surface area contributed by atoms with Crippen LogP contribution in [0.4, 0.5) is 5.69 Å². The molecule has 1 atom stereocenters. The van der Waals surface area contributed by atoms with Crippen molar-refractivity contribution in [2.75, 3.05) is 37.6 Å². The van der Waals surface area contributed by atoms with Crippen LogP contribution >= 0.6 is 0 Å². The number of rotatable bonds is 6. The van der Waals surface area contributed by atoms with Gasteiger partial charge in [-0.3, -0.25) is 9.69 Å². The van der Waals surface area contributed by atoms with Crippen molar-refractivity contribution < 1.29 is 4.79 Å². The van der Waals surface area contributed by atoms with Crippen LogP contribution in [0.3, 0.4) is 0 Å². The van der Waals surface area contributed by atoms with Crippen molar-refractivity contribution in [2.24, 2.45) is 5.92 Å². The monoisotopic (exact) mass is 427 g/mol. The second-order valence-corrected chi connectivity index (χ2v) is 9.49. The third-order valence-corrected chi connectivity index (χ3v) is 7.05. The van der Waals surface area contributed by atoms with Gasteiger partial charge in [0.25, 0.3) is 5.91 Å². The lowest BCUT2D eigenvalue weighted by atomic mass is 9.99. The third-order valence-electron chi connectivity index (χ3n) is 7.05. The Morgan fingerprint density at radius 3 is 2.53 bits per heavy atom. The smallest absolute Gasteiger partial charge is 0.252 e. The summed E-state index contributed by atoms with van der Waals surface area (Å²) in [5, 5.41) is 5.64. The van der Waals surface area contributed by atoms with Crippen LogP contribution in [0.2, 0.25) is 0 Å². The van der Waals surface area contributed by atoms with Gasteiger partial charge in [0.1, 0.15) is 0 Å².